The molecule has 0 radical (unpaired) electrons. The van der Waals surface area contributed by atoms with E-state index in [9.17, 15) is 9.50 Å². The van der Waals surface area contributed by atoms with Crippen molar-refractivity contribution in [3.63, 3.8) is 0 Å². The Morgan fingerprint density at radius 2 is 2.06 bits per heavy atom. The lowest BCUT2D eigenvalue weighted by Crippen LogP contribution is -2.22. The summed E-state index contributed by atoms with van der Waals surface area (Å²) < 4.78 is 13.8. The first-order valence-corrected chi connectivity index (χ1v) is 7.10. The fourth-order valence-electron chi connectivity index (χ4n) is 2.24. The van der Waals surface area contributed by atoms with Crippen molar-refractivity contribution in [1.82, 2.24) is 4.90 Å². The summed E-state index contributed by atoms with van der Waals surface area (Å²) in [5.41, 5.74) is 0.839. The Morgan fingerprint density at radius 3 is 2.71 bits per heavy atom. The van der Waals surface area contributed by atoms with E-state index in [1.165, 1.54) is 25.0 Å². The maximum absolute atomic E-state index is 12.9. The van der Waals surface area contributed by atoms with Gasteiger partial charge in [0.25, 0.3) is 0 Å². The second-order valence-electron chi connectivity index (χ2n) is 4.52. The number of halogens is 2. The fourth-order valence-corrected chi connectivity index (χ4v) is 3.08. The Balaban J connectivity index is 1.91. The second kappa shape index (κ2) is 6.11. The van der Waals surface area contributed by atoms with Crippen LogP contribution in [0.4, 0.5) is 4.39 Å². The first kappa shape index (κ1) is 13.2. The first-order chi connectivity index (χ1) is 8.16. The molecule has 17 heavy (non-hydrogen) atoms. The van der Waals surface area contributed by atoms with Gasteiger partial charge in [-0.25, -0.2) is 4.39 Å². The minimum absolute atomic E-state index is 0.245. The van der Waals surface area contributed by atoms with Gasteiger partial charge >= 0.3 is 0 Å². The molecule has 1 heterocycles. The molecule has 0 saturated carbocycles. The average Bonchev–Trinajstić information content (AvgIpc) is 2.78. The Bertz CT molecular complexity index is 380. The van der Waals surface area contributed by atoms with Crippen molar-refractivity contribution in [1.29, 1.82) is 0 Å². The lowest BCUT2D eigenvalue weighted by Gasteiger charge is -2.18. The molecule has 1 aromatic rings. The summed E-state index contributed by atoms with van der Waals surface area (Å²) in [6, 6.07) is 4.57. The van der Waals surface area contributed by atoms with Crippen LogP contribution in [-0.2, 0) is 0 Å². The largest absolute Gasteiger partial charge is 0.388 e. The zero-order valence-electron chi connectivity index (χ0n) is 9.70. The van der Waals surface area contributed by atoms with Gasteiger partial charge in [-0.05, 0) is 72.6 Å². The number of benzene rings is 1. The highest BCUT2D eigenvalue weighted by atomic mass is 127. The molecule has 0 spiro atoms. The predicted molar refractivity (Wildman–Crippen MR) is 74.4 cm³/mol. The van der Waals surface area contributed by atoms with Crippen LogP contribution in [0.25, 0.3) is 0 Å². The highest BCUT2D eigenvalue weighted by Gasteiger charge is 2.16. The van der Waals surface area contributed by atoms with Gasteiger partial charge in [0.1, 0.15) is 5.82 Å². The van der Waals surface area contributed by atoms with E-state index >= 15 is 0 Å². The highest BCUT2D eigenvalue weighted by Crippen LogP contribution is 2.24. The van der Waals surface area contributed by atoms with Gasteiger partial charge in [-0.1, -0.05) is 6.07 Å². The number of likely N-dealkylation sites (tertiary alicyclic amines) is 1. The highest BCUT2D eigenvalue weighted by molar-refractivity contribution is 14.1. The molecule has 1 N–H and O–H groups in total. The SMILES string of the molecule is OC(CCN1CCCC1)c1ccc(F)cc1I. The van der Waals surface area contributed by atoms with Crippen molar-refractivity contribution in [3.05, 3.63) is 33.1 Å². The number of aliphatic hydroxyl groups excluding tert-OH is 1. The minimum Gasteiger partial charge on any atom is -0.388 e. The van der Waals surface area contributed by atoms with Gasteiger partial charge in [-0.2, -0.15) is 0 Å². The summed E-state index contributed by atoms with van der Waals surface area (Å²) >= 11 is 2.08. The number of aliphatic hydroxyl groups is 1. The quantitative estimate of drug-likeness (QED) is 0.845. The van der Waals surface area contributed by atoms with E-state index in [1.807, 2.05) is 0 Å². The lowest BCUT2D eigenvalue weighted by molar-refractivity contribution is 0.148. The summed E-state index contributed by atoms with van der Waals surface area (Å²) in [5, 5.41) is 10.1. The zero-order valence-corrected chi connectivity index (χ0v) is 11.9. The summed E-state index contributed by atoms with van der Waals surface area (Å²) in [4.78, 5) is 2.37. The van der Waals surface area contributed by atoms with E-state index in [-0.39, 0.29) is 5.82 Å². The normalized spacial score (nSPS) is 18.5. The molecular formula is C13H17FINO. The second-order valence-corrected chi connectivity index (χ2v) is 5.68. The van der Waals surface area contributed by atoms with Gasteiger partial charge < -0.3 is 10.0 Å². The van der Waals surface area contributed by atoms with Crippen molar-refractivity contribution in [2.75, 3.05) is 19.6 Å². The van der Waals surface area contributed by atoms with Crippen molar-refractivity contribution in [2.45, 2.75) is 25.4 Å². The van der Waals surface area contributed by atoms with Gasteiger partial charge in [-0.15, -0.1) is 0 Å². The summed E-state index contributed by atoms with van der Waals surface area (Å²) in [6.07, 6.45) is 2.78. The Kier molecular flexibility index (Phi) is 4.76. The molecule has 0 aromatic heterocycles. The topological polar surface area (TPSA) is 23.5 Å². The molecule has 4 heteroatoms. The average molecular weight is 349 g/mol. The molecular weight excluding hydrogens is 332 g/mol. The smallest absolute Gasteiger partial charge is 0.124 e. The van der Waals surface area contributed by atoms with Crippen LogP contribution in [-0.4, -0.2) is 29.6 Å². The Morgan fingerprint density at radius 1 is 1.35 bits per heavy atom. The van der Waals surface area contributed by atoms with Crippen LogP contribution >= 0.6 is 22.6 Å². The van der Waals surface area contributed by atoms with E-state index in [0.29, 0.717) is 0 Å². The molecule has 2 rings (SSSR count). The van der Waals surface area contributed by atoms with E-state index in [4.69, 9.17) is 0 Å². The minimum atomic E-state index is -0.483. The van der Waals surface area contributed by atoms with E-state index in [0.717, 1.165) is 35.2 Å². The van der Waals surface area contributed by atoms with Gasteiger partial charge in [0.2, 0.25) is 0 Å². The van der Waals surface area contributed by atoms with E-state index < -0.39 is 6.10 Å². The van der Waals surface area contributed by atoms with Crippen molar-refractivity contribution in [2.24, 2.45) is 0 Å². The van der Waals surface area contributed by atoms with Crippen LogP contribution in [0, 0.1) is 9.39 Å². The molecule has 1 fully saturated rings. The molecule has 94 valence electrons. The molecule has 1 atom stereocenters. The first-order valence-electron chi connectivity index (χ1n) is 6.02. The molecule has 0 aliphatic carbocycles. The molecule has 1 aliphatic heterocycles. The van der Waals surface area contributed by atoms with E-state index in [1.54, 1.807) is 6.07 Å². The van der Waals surface area contributed by atoms with Crippen LogP contribution in [0.3, 0.4) is 0 Å². The standard InChI is InChI=1S/C13H17FINO/c14-10-3-4-11(12(15)9-10)13(17)5-8-16-6-1-2-7-16/h3-4,9,13,17H,1-2,5-8H2. The maximum Gasteiger partial charge on any atom is 0.124 e. The van der Waals surface area contributed by atoms with Crippen LogP contribution in [0.5, 0.6) is 0 Å². The zero-order chi connectivity index (χ0) is 12.3. The lowest BCUT2D eigenvalue weighted by atomic mass is 10.1. The van der Waals surface area contributed by atoms with Crippen LogP contribution in [0.15, 0.2) is 18.2 Å². The summed E-state index contributed by atoms with van der Waals surface area (Å²) in [6.45, 7) is 3.22. The molecule has 0 bridgehead atoms. The Hall–Kier alpha value is -0.200. The van der Waals surface area contributed by atoms with Crippen molar-refractivity contribution < 1.29 is 9.50 Å². The van der Waals surface area contributed by atoms with Gasteiger partial charge in [0.05, 0.1) is 6.10 Å². The molecule has 1 saturated heterocycles. The molecule has 1 aliphatic rings. The van der Waals surface area contributed by atoms with Gasteiger partial charge in [0, 0.05) is 10.1 Å². The van der Waals surface area contributed by atoms with Gasteiger partial charge in [0.15, 0.2) is 0 Å². The van der Waals surface area contributed by atoms with Crippen LogP contribution < -0.4 is 0 Å². The number of hydrogen-bond acceptors (Lipinski definition) is 2. The summed E-state index contributed by atoms with van der Waals surface area (Å²) in [7, 11) is 0. The third-order valence-corrected chi connectivity index (χ3v) is 4.17. The molecule has 1 unspecified atom stereocenters. The third kappa shape index (κ3) is 3.63. The van der Waals surface area contributed by atoms with Crippen molar-refractivity contribution in [3.8, 4) is 0 Å². The number of nitrogens with zero attached hydrogens (tertiary/aromatic N) is 1. The number of rotatable bonds is 4. The van der Waals surface area contributed by atoms with E-state index in [2.05, 4.69) is 27.5 Å². The van der Waals surface area contributed by atoms with Crippen LogP contribution in [0.1, 0.15) is 30.9 Å². The number of hydrogen-bond donors (Lipinski definition) is 1. The maximum atomic E-state index is 12.9. The fraction of sp³-hybridized carbons (Fsp3) is 0.538. The molecule has 2 nitrogen and oxygen atoms in total. The van der Waals surface area contributed by atoms with Gasteiger partial charge in [-0.3, -0.25) is 0 Å². The molecule has 0 amide bonds. The Labute approximate surface area is 115 Å². The monoisotopic (exact) mass is 349 g/mol. The molecule has 1 aromatic carbocycles. The summed E-state index contributed by atoms with van der Waals surface area (Å²) in [5.74, 6) is -0.245. The third-order valence-electron chi connectivity index (χ3n) is 3.24. The van der Waals surface area contributed by atoms with Crippen LogP contribution in [0.2, 0.25) is 0 Å². The predicted octanol–water partition coefficient (Wildman–Crippen LogP) is 2.95. The van der Waals surface area contributed by atoms with Crippen molar-refractivity contribution >= 4 is 22.6 Å².